The molecule has 0 N–H and O–H groups in total. The summed E-state index contributed by atoms with van der Waals surface area (Å²) in [5, 5.41) is 0. The van der Waals surface area contributed by atoms with Gasteiger partial charge in [-0.1, -0.05) is 30.3 Å². The van der Waals surface area contributed by atoms with Crippen molar-refractivity contribution in [1.29, 1.82) is 0 Å². The summed E-state index contributed by atoms with van der Waals surface area (Å²) in [5.74, 6) is 0.122. The molecule has 0 radical (unpaired) electrons. The Hall–Kier alpha value is -3.55. The summed E-state index contributed by atoms with van der Waals surface area (Å²) in [6.45, 7) is 0.975. The van der Waals surface area contributed by atoms with Gasteiger partial charge in [0.25, 0.3) is 0 Å². The van der Waals surface area contributed by atoms with Crippen LogP contribution < -0.4 is 9.47 Å². The van der Waals surface area contributed by atoms with E-state index in [-0.39, 0.29) is 30.8 Å². The minimum Gasteiger partial charge on any atom is -0.497 e. The first-order valence-electron chi connectivity index (χ1n) is 11.3. The molecule has 1 heterocycles. The van der Waals surface area contributed by atoms with E-state index in [0.717, 1.165) is 17.5 Å². The Balaban J connectivity index is 1.74. The fraction of sp³-hybridized carbons (Fsp3) is 0.423. The van der Waals surface area contributed by atoms with Crippen LogP contribution in [0.1, 0.15) is 24.0 Å². The molecule has 1 aliphatic rings. The Kier molecular flexibility index (Phi) is 8.90. The molecular weight excluding hydrogens is 436 g/mol. The molecule has 8 nitrogen and oxygen atoms in total. The van der Waals surface area contributed by atoms with Crippen LogP contribution in [0.3, 0.4) is 0 Å². The van der Waals surface area contributed by atoms with Gasteiger partial charge in [0, 0.05) is 25.7 Å². The van der Waals surface area contributed by atoms with E-state index < -0.39 is 5.97 Å². The Morgan fingerprint density at radius 1 is 0.971 bits per heavy atom. The lowest BCUT2D eigenvalue weighted by Gasteiger charge is -2.35. The zero-order chi connectivity index (χ0) is 24.5. The molecule has 1 atom stereocenters. The highest BCUT2D eigenvalue weighted by molar-refractivity contribution is 5.85. The minimum atomic E-state index is -0.504. The maximum Gasteiger partial charge on any atom is 0.325 e. The summed E-state index contributed by atoms with van der Waals surface area (Å²) in [6, 6.07) is 14.9. The van der Waals surface area contributed by atoms with Crippen molar-refractivity contribution >= 4 is 17.8 Å². The molecule has 2 amide bonds. The number of ether oxygens (including phenoxy) is 3. The molecule has 34 heavy (non-hydrogen) atoms. The molecule has 0 saturated carbocycles. The highest BCUT2D eigenvalue weighted by Gasteiger charge is 2.32. The van der Waals surface area contributed by atoms with Crippen molar-refractivity contribution in [1.82, 2.24) is 9.80 Å². The van der Waals surface area contributed by atoms with Gasteiger partial charge in [0.1, 0.15) is 18.0 Å². The first-order valence-corrected chi connectivity index (χ1v) is 11.3. The van der Waals surface area contributed by atoms with Crippen LogP contribution in [0.5, 0.6) is 11.5 Å². The smallest absolute Gasteiger partial charge is 0.325 e. The fourth-order valence-corrected chi connectivity index (χ4v) is 4.16. The highest BCUT2D eigenvalue weighted by Crippen LogP contribution is 2.25. The summed E-state index contributed by atoms with van der Waals surface area (Å²) in [6.07, 6.45) is 1.69. The van der Waals surface area contributed by atoms with E-state index in [0.29, 0.717) is 37.4 Å². The van der Waals surface area contributed by atoms with Crippen LogP contribution in [0.2, 0.25) is 0 Å². The first kappa shape index (κ1) is 25.1. The van der Waals surface area contributed by atoms with Crippen molar-refractivity contribution in [2.75, 3.05) is 41.0 Å². The van der Waals surface area contributed by atoms with Crippen molar-refractivity contribution in [3.63, 3.8) is 0 Å². The van der Waals surface area contributed by atoms with E-state index >= 15 is 0 Å². The summed E-state index contributed by atoms with van der Waals surface area (Å²) in [5.41, 5.74) is 1.71. The second-order valence-electron chi connectivity index (χ2n) is 8.33. The SMILES string of the molecule is COC(=O)CN(Cc1cc(OC)cc(OC)c1)C(=O)C1CCCN(C(=O)Cc2ccccc2)C1. The molecule has 3 rings (SSSR count). The monoisotopic (exact) mass is 468 g/mol. The molecule has 0 bridgehead atoms. The Morgan fingerprint density at radius 2 is 1.65 bits per heavy atom. The van der Waals surface area contributed by atoms with Crippen molar-refractivity contribution < 1.29 is 28.6 Å². The molecule has 1 saturated heterocycles. The number of carbonyl (C=O) groups excluding carboxylic acids is 3. The fourth-order valence-electron chi connectivity index (χ4n) is 4.16. The quantitative estimate of drug-likeness (QED) is 0.526. The van der Waals surface area contributed by atoms with Crippen LogP contribution in [0.15, 0.2) is 48.5 Å². The average molecular weight is 469 g/mol. The van der Waals surface area contributed by atoms with Crippen molar-refractivity contribution in [2.45, 2.75) is 25.8 Å². The van der Waals surface area contributed by atoms with Gasteiger partial charge in [-0.15, -0.1) is 0 Å². The zero-order valence-electron chi connectivity index (χ0n) is 20.0. The molecule has 1 unspecified atom stereocenters. The van der Waals surface area contributed by atoms with Crippen molar-refractivity contribution in [2.24, 2.45) is 5.92 Å². The van der Waals surface area contributed by atoms with Crippen LogP contribution in [-0.2, 0) is 32.1 Å². The maximum atomic E-state index is 13.5. The number of esters is 1. The topological polar surface area (TPSA) is 85.4 Å². The van der Waals surface area contributed by atoms with Crippen LogP contribution in [0.4, 0.5) is 0 Å². The van der Waals surface area contributed by atoms with E-state index in [2.05, 4.69) is 0 Å². The molecule has 1 fully saturated rings. The third-order valence-corrected chi connectivity index (χ3v) is 5.97. The number of likely N-dealkylation sites (tertiary alicyclic amines) is 1. The van der Waals surface area contributed by atoms with Gasteiger partial charge in [-0.2, -0.15) is 0 Å². The van der Waals surface area contributed by atoms with E-state index in [1.807, 2.05) is 30.3 Å². The van der Waals surface area contributed by atoms with Gasteiger partial charge in [0.05, 0.1) is 33.7 Å². The number of methoxy groups -OCH3 is 3. The van der Waals surface area contributed by atoms with Crippen molar-refractivity contribution in [3.8, 4) is 11.5 Å². The largest absolute Gasteiger partial charge is 0.497 e. The van der Waals surface area contributed by atoms with E-state index in [1.54, 1.807) is 37.3 Å². The molecule has 8 heteroatoms. The van der Waals surface area contributed by atoms with Gasteiger partial charge >= 0.3 is 5.97 Å². The standard InChI is InChI=1S/C26H32N2O6/c1-32-22-12-20(13-23(15-22)33-2)16-28(18-25(30)34-3)26(31)21-10-7-11-27(17-21)24(29)14-19-8-5-4-6-9-19/h4-6,8-9,12-13,15,21H,7,10-11,14,16-18H2,1-3H3. The molecule has 0 aliphatic carbocycles. The number of rotatable bonds is 9. The number of amides is 2. The molecule has 182 valence electrons. The lowest BCUT2D eigenvalue weighted by Crippen LogP contribution is -2.48. The van der Waals surface area contributed by atoms with Gasteiger partial charge < -0.3 is 24.0 Å². The molecule has 0 spiro atoms. The van der Waals surface area contributed by atoms with E-state index in [9.17, 15) is 14.4 Å². The minimum absolute atomic E-state index is 0.000694. The normalized spacial score (nSPS) is 15.4. The van der Waals surface area contributed by atoms with Gasteiger partial charge in [0.2, 0.25) is 11.8 Å². The van der Waals surface area contributed by atoms with Gasteiger partial charge in [-0.25, -0.2) is 0 Å². The third-order valence-electron chi connectivity index (χ3n) is 5.97. The summed E-state index contributed by atoms with van der Waals surface area (Å²) in [7, 11) is 4.40. The molecule has 2 aromatic rings. The number of nitrogens with zero attached hydrogens (tertiary/aromatic N) is 2. The summed E-state index contributed by atoms with van der Waals surface area (Å²) >= 11 is 0. The van der Waals surface area contributed by atoms with E-state index in [4.69, 9.17) is 14.2 Å². The lowest BCUT2D eigenvalue weighted by molar-refractivity contribution is -0.150. The van der Waals surface area contributed by atoms with E-state index in [1.165, 1.54) is 12.0 Å². The van der Waals surface area contributed by atoms with Crippen LogP contribution in [0, 0.1) is 5.92 Å². The van der Waals surface area contributed by atoms with Crippen molar-refractivity contribution in [3.05, 3.63) is 59.7 Å². The number of carbonyl (C=O) groups is 3. The molecular formula is C26H32N2O6. The second-order valence-corrected chi connectivity index (χ2v) is 8.33. The maximum absolute atomic E-state index is 13.5. The number of piperidine rings is 1. The predicted molar refractivity (Wildman–Crippen MR) is 126 cm³/mol. The number of hydrogen-bond acceptors (Lipinski definition) is 6. The van der Waals surface area contributed by atoms with Gasteiger partial charge in [0.15, 0.2) is 0 Å². The summed E-state index contributed by atoms with van der Waals surface area (Å²) in [4.78, 5) is 41.7. The predicted octanol–water partition coefficient (Wildman–Crippen LogP) is 2.69. The van der Waals surface area contributed by atoms with Crippen LogP contribution in [0.25, 0.3) is 0 Å². The van der Waals surface area contributed by atoms with Gasteiger partial charge in [-0.05, 0) is 36.1 Å². The zero-order valence-corrected chi connectivity index (χ0v) is 20.0. The highest BCUT2D eigenvalue weighted by atomic mass is 16.5. The molecule has 1 aliphatic heterocycles. The second kappa shape index (κ2) is 12.1. The Labute approximate surface area is 200 Å². The third kappa shape index (κ3) is 6.73. The molecule has 0 aromatic heterocycles. The molecule has 2 aromatic carbocycles. The number of hydrogen-bond donors (Lipinski definition) is 0. The summed E-state index contributed by atoms with van der Waals surface area (Å²) < 4.78 is 15.5. The first-order chi connectivity index (χ1) is 16.4. The lowest BCUT2D eigenvalue weighted by atomic mass is 9.95. The Bertz CT molecular complexity index is 972. The number of benzene rings is 2. The Morgan fingerprint density at radius 3 is 2.26 bits per heavy atom. The van der Waals surface area contributed by atoms with Crippen LogP contribution >= 0.6 is 0 Å². The van der Waals surface area contributed by atoms with Gasteiger partial charge in [-0.3, -0.25) is 14.4 Å². The van der Waals surface area contributed by atoms with Crippen LogP contribution in [-0.4, -0.2) is 68.5 Å². The average Bonchev–Trinajstić information content (AvgIpc) is 2.88.